The summed E-state index contributed by atoms with van der Waals surface area (Å²) in [5, 5.41) is 9.31. The molecule has 1 amide bonds. The Morgan fingerprint density at radius 2 is 1.85 bits per heavy atom. The molecule has 0 aliphatic carbocycles. The van der Waals surface area contributed by atoms with Gasteiger partial charge in [0.05, 0.1) is 13.0 Å². The molecule has 0 bridgehead atoms. The van der Waals surface area contributed by atoms with E-state index >= 15 is 0 Å². The van der Waals surface area contributed by atoms with Crippen LogP contribution in [0, 0.1) is 5.92 Å². The second-order valence-corrected chi connectivity index (χ2v) is 5.73. The fourth-order valence-corrected chi connectivity index (χ4v) is 2.22. The fourth-order valence-electron chi connectivity index (χ4n) is 2.22. The number of hydrogen-bond donors (Lipinski definition) is 1. The lowest BCUT2D eigenvalue weighted by Crippen LogP contribution is -2.55. The highest BCUT2D eigenvalue weighted by Crippen LogP contribution is 2.27. The van der Waals surface area contributed by atoms with Gasteiger partial charge in [0, 0.05) is 6.54 Å². The van der Waals surface area contributed by atoms with E-state index in [1.165, 1.54) is 7.11 Å². The highest BCUT2D eigenvalue weighted by Gasteiger charge is 2.44. The van der Waals surface area contributed by atoms with E-state index in [4.69, 9.17) is 4.74 Å². The zero-order valence-electron chi connectivity index (χ0n) is 12.2. The van der Waals surface area contributed by atoms with Crippen LogP contribution in [0.1, 0.15) is 33.6 Å². The summed E-state index contributed by atoms with van der Waals surface area (Å²) < 4.78 is 9.81. The lowest BCUT2D eigenvalue weighted by Gasteiger charge is -2.37. The van der Waals surface area contributed by atoms with Crippen molar-refractivity contribution in [1.82, 2.24) is 4.90 Å². The predicted octanol–water partition coefficient (Wildman–Crippen LogP) is 1.26. The molecule has 0 aromatic rings. The number of nitrogens with zero attached hydrogens (tertiary/aromatic N) is 1. The summed E-state index contributed by atoms with van der Waals surface area (Å²) in [5.41, 5.74) is -0.724. The molecule has 1 aliphatic rings. The first-order valence-corrected chi connectivity index (χ1v) is 6.47. The Morgan fingerprint density at radius 3 is 2.30 bits per heavy atom. The van der Waals surface area contributed by atoms with Crippen molar-refractivity contribution in [2.75, 3.05) is 13.7 Å². The van der Waals surface area contributed by atoms with Crippen LogP contribution in [0.5, 0.6) is 0 Å². The number of esters is 1. The Hall–Kier alpha value is -1.79. The minimum Gasteiger partial charge on any atom is -0.480 e. The topological polar surface area (TPSA) is 93.1 Å². The van der Waals surface area contributed by atoms with Gasteiger partial charge in [-0.15, -0.1) is 0 Å². The minimum atomic E-state index is -1.24. The van der Waals surface area contributed by atoms with Gasteiger partial charge in [0.25, 0.3) is 0 Å². The molecule has 0 aromatic heterocycles. The van der Waals surface area contributed by atoms with Gasteiger partial charge in [-0.25, -0.2) is 9.59 Å². The number of carbonyl (C=O) groups is 3. The number of rotatable bonds is 2. The monoisotopic (exact) mass is 287 g/mol. The van der Waals surface area contributed by atoms with Gasteiger partial charge in [0.1, 0.15) is 11.6 Å². The molecule has 7 heteroatoms. The molecule has 0 saturated carbocycles. The highest BCUT2D eigenvalue weighted by atomic mass is 16.6. The van der Waals surface area contributed by atoms with Crippen LogP contribution < -0.4 is 0 Å². The maximum Gasteiger partial charge on any atom is 0.411 e. The highest BCUT2D eigenvalue weighted by molar-refractivity contribution is 5.87. The lowest BCUT2D eigenvalue weighted by molar-refractivity contribution is -0.159. The number of carbonyl (C=O) groups excluding carboxylic acids is 2. The van der Waals surface area contributed by atoms with Crippen molar-refractivity contribution >= 4 is 18.0 Å². The van der Waals surface area contributed by atoms with E-state index in [1.807, 2.05) is 0 Å². The number of hydrogen-bond acceptors (Lipinski definition) is 5. The Bertz CT molecular complexity index is 400. The SMILES string of the molecule is COC(=O)[C@@H]1CCCN(C(=O)OC(C)(C)C)[C@@H]1C(=O)O. The van der Waals surface area contributed by atoms with Crippen molar-refractivity contribution in [3.05, 3.63) is 0 Å². The van der Waals surface area contributed by atoms with Crippen molar-refractivity contribution in [3.8, 4) is 0 Å². The zero-order valence-corrected chi connectivity index (χ0v) is 12.2. The summed E-state index contributed by atoms with van der Waals surface area (Å²) in [7, 11) is 1.20. The van der Waals surface area contributed by atoms with Crippen LogP contribution in [-0.4, -0.2) is 53.3 Å². The van der Waals surface area contributed by atoms with Gasteiger partial charge in [-0.2, -0.15) is 0 Å². The van der Waals surface area contributed by atoms with E-state index in [-0.39, 0.29) is 6.54 Å². The van der Waals surface area contributed by atoms with Crippen molar-refractivity contribution in [3.63, 3.8) is 0 Å². The predicted molar refractivity (Wildman–Crippen MR) is 69.1 cm³/mol. The van der Waals surface area contributed by atoms with Crippen molar-refractivity contribution in [1.29, 1.82) is 0 Å². The Morgan fingerprint density at radius 1 is 1.25 bits per heavy atom. The summed E-state index contributed by atoms with van der Waals surface area (Å²) in [6, 6.07) is -1.24. The quantitative estimate of drug-likeness (QED) is 0.768. The van der Waals surface area contributed by atoms with Crippen LogP contribution in [0.3, 0.4) is 0 Å². The van der Waals surface area contributed by atoms with Gasteiger partial charge in [-0.1, -0.05) is 0 Å². The molecule has 2 atom stereocenters. The number of piperidine rings is 1. The average molecular weight is 287 g/mol. The van der Waals surface area contributed by atoms with E-state index in [2.05, 4.69) is 4.74 Å². The number of likely N-dealkylation sites (tertiary alicyclic amines) is 1. The van der Waals surface area contributed by atoms with Crippen LogP contribution in [0.2, 0.25) is 0 Å². The molecule has 0 radical (unpaired) electrons. The van der Waals surface area contributed by atoms with Gasteiger partial charge < -0.3 is 14.6 Å². The fraction of sp³-hybridized carbons (Fsp3) is 0.769. The largest absolute Gasteiger partial charge is 0.480 e. The van der Waals surface area contributed by atoms with Gasteiger partial charge in [0.15, 0.2) is 0 Å². The first kappa shape index (κ1) is 16.3. The van der Waals surface area contributed by atoms with Crippen molar-refractivity contribution < 1.29 is 29.0 Å². The van der Waals surface area contributed by atoms with Gasteiger partial charge in [-0.05, 0) is 33.6 Å². The van der Waals surface area contributed by atoms with Crippen LogP contribution in [0.25, 0.3) is 0 Å². The van der Waals surface area contributed by atoms with Crippen LogP contribution in [0.15, 0.2) is 0 Å². The number of carboxylic acid groups (broad SMARTS) is 1. The number of methoxy groups -OCH3 is 1. The Labute approximate surface area is 117 Å². The molecule has 1 aliphatic heterocycles. The molecule has 1 heterocycles. The maximum absolute atomic E-state index is 12.1. The Balaban J connectivity index is 2.96. The van der Waals surface area contributed by atoms with E-state index in [0.29, 0.717) is 12.8 Å². The molecule has 0 aromatic carbocycles. The average Bonchev–Trinajstić information content (AvgIpc) is 2.34. The lowest BCUT2D eigenvalue weighted by atomic mass is 9.89. The number of aliphatic carboxylic acids is 1. The number of amides is 1. The molecule has 0 unspecified atom stereocenters. The summed E-state index contributed by atoms with van der Waals surface area (Å²) in [4.78, 5) is 36.2. The molecule has 1 rings (SSSR count). The summed E-state index contributed by atoms with van der Waals surface area (Å²) in [5.74, 6) is -2.71. The van der Waals surface area contributed by atoms with Crippen LogP contribution >= 0.6 is 0 Å². The molecule has 20 heavy (non-hydrogen) atoms. The van der Waals surface area contributed by atoms with Crippen molar-refractivity contribution in [2.45, 2.75) is 45.3 Å². The molecule has 0 spiro atoms. The first-order valence-electron chi connectivity index (χ1n) is 6.47. The second kappa shape index (κ2) is 6.11. The summed E-state index contributed by atoms with van der Waals surface area (Å²) in [6.45, 7) is 5.34. The third-order valence-corrected chi connectivity index (χ3v) is 3.02. The van der Waals surface area contributed by atoms with Gasteiger partial charge in [0.2, 0.25) is 0 Å². The molecule has 114 valence electrons. The number of carboxylic acids is 1. The van der Waals surface area contributed by atoms with Crippen LogP contribution in [0.4, 0.5) is 4.79 Å². The minimum absolute atomic E-state index is 0.249. The molecule has 7 nitrogen and oxygen atoms in total. The number of ether oxygens (including phenoxy) is 2. The second-order valence-electron chi connectivity index (χ2n) is 5.73. The summed E-state index contributed by atoms with van der Waals surface area (Å²) in [6.07, 6.45) is 0.185. The Kier molecular flexibility index (Phi) is 4.97. The maximum atomic E-state index is 12.1. The summed E-state index contributed by atoms with van der Waals surface area (Å²) >= 11 is 0. The molecule has 1 saturated heterocycles. The van der Waals surface area contributed by atoms with E-state index in [0.717, 1.165) is 4.90 Å². The molecular weight excluding hydrogens is 266 g/mol. The van der Waals surface area contributed by atoms with Gasteiger partial charge >= 0.3 is 18.0 Å². The molecule has 1 N–H and O–H groups in total. The van der Waals surface area contributed by atoms with Gasteiger partial charge in [-0.3, -0.25) is 9.69 Å². The first-order chi connectivity index (χ1) is 9.17. The van der Waals surface area contributed by atoms with Crippen LogP contribution in [-0.2, 0) is 19.1 Å². The zero-order chi connectivity index (χ0) is 15.5. The van der Waals surface area contributed by atoms with E-state index in [1.54, 1.807) is 20.8 Å². The van der Waals surface area contributed by atoms with E-state index < -0.39 is 35.6 Å². The van der Waals surface area contributed by atoms with E-state index in [9.17, 15) is 19.5 Å². The molecule has 1 fully saturated rings. The normalized spacial score (nSPS) is 23.1. The van der Waals surface area contributed by atoms with Crippen molar-refractivity contribution in [2.24, 2.45) is 5.92 Å². The standard InChI is InChI=1S/C13H21NO6/c1-13(2,3)20-12(18)14-7-5-6-8(11(17)19-4)9(14)10(15)16/h8-9H,5-7H2,1-4H3,(H,15,16)/t8-,9+/m1/s1. The molecular formula is C13H21NO6. The third kappa shape index (κ3) is 3.85. The smallest absolute Gasteiger partial charge is 0.411 e. The third-order valence-electron chi connectivity index (χ3n) is 3.02.